The van der Waals surface area contributed by atoms with Crippen molar-refractivity contribution in [1.82, 2.24) is 14.7 Å². The lowest BCUT2D eigenvalue weighted by atomic mass is 9.91. The van der Waals surface area contributed by atoms with E-state index in [9.17, 15) is 0 Å². The van der Waals surface area contributed by atoms with E-state index in [1.807, 2.05) is 0 Å². The van der Waals surface area contributed by atoms with Gasteiger partial charge >= 0.3 is 0 Å². The van der Waals surface area contributed by atoms with Crippen molar-refractivity contribution in [3.05, 3.63) is 0 Å². The molecule has 0 aromatic rings. The molecule has 0 aliphatic rings. The van der Waals surface area contributed by atoms with Crippen LogP contribution in [0.5, 0.6) is 0 Å². The molecular weight excluding hydrogens is 378 g/mol. The molecule has 0 fully saturated rings. The lowest BCUT2D eigenvalue weighted by Crippen LogP contribution is -2.78. The van der Waals surface area contributed by atoms with Crippen LogP contribution in [0.1, 0.15) is 141 Å². The molecule has 0 aliphatic carbocycles. The largest absolute Gasteiger partial charge is 0.267 e. The monoisotopic (exact) mass is 439 g/mol. The maximum absolute atomic E-state index is 2.97. The van der Waals surface area contributed by atoms with Crippen LogP contribution in [-0.4, -0.2) is 56.7 Å². The Bertz CT molecular complexity index is 362. The Morgan fingerprint density at radius 1 is 0.419 bits per heavy atom. The SMILES string of the molecule is CCCC(N(C(C)CC)C(C)CC)(N(C(C)CC)C(C)CC)N(C(C)CC)C(C)CC. The van der Waals surface area contributed by atoms with Gasteiger partial charge in [0.25, 0.3) is 0 Å². The fraction of sp³-hybridized carbons (Fsp3) is 1.00. The quantitative estimate of drug-likeness (QED) is 0.212. The van der Waals surface area contributed by atoms with Gasteiger partial charge in [0, 0.05) is 36.3 Å². The number of rotatable bonds is 17. The lowest BCUT2D eigenvalue weighted by Gasteiger charge is -2.65. The summed E-state index contributed by atoms with van der Waals surface area (Å²) in [5.74, 6) is -0.0602. The van der Waals surface area contributed by atoms with Crippen LogP contribution < -0.4 is 0 Å². The summed E-state index contributed by atoms with van der Waals surface area (Å²) in [7, 11) is 0. The molecule has 0 amide bonds. The van der Waals surface area contributed by atoms with E-state index in [4.69, 9.17) is 0 Å². The van der Waals surface area contributed by atoms with Crippen molar-refractivity contribution in [2.24, 2.45) is 0 Å². The van der Waals surface area contributed by atoms with Crippen molar-refractivity contribution in [3.63, 3.8) is 0 Å². The van der Waals surface area contributed by atoms with E-state index >= 15 is 0 Å². The Balaban J connectivity index is 7.43. The van der Waals surface area contributed by atoms with Crippen LogP contribution in [0.2, 0.25) is 0 Å². The van der Waals surface area contributed by atoms with Crippen LogP contribution >= 0.6 is 0 Å². The third-order valence-electron chi connectivity index (χ3n) is 8.22. The van der Waals surface area contributed by atoms with Crippen molar-refractivity contribution in [1.29, 1.82) is 0 Å². The minimum Gasteiger partial charge on any atom is -0.267 e. The summed E-state index contributed by atoms with van der Waals surface area (Å²) in [5.41, 5.74) is 0. The van der Waals surface area contributed by atoms with Crippen molar-refractivity contribution < 1.29 is 0 Å². The maximum Gasteiger partial charge on any atom is 0.132 e. The molecule has 0 heterocycles. The van der Waals surface area contributed by atoms with Gasteiger partial charge in [-0.25, -0.2) is 0 Å². The highest BCUT2D eigenvalue weighted by Gasteiger charge is 2.53. The summed E-state index contributed by atoms with van der Waals surface area (Å²) in [6.45, 7) is 31.6. The molecule has 0 aromatic carbocycles. The molecule has 0 aromatic heterocycles. The molecule has 3 nitrogen and oxygen atoms in total. The van der Waals surface area contributed by atoms with Gasteiger partial charge in [0.15, 0.2) is 0 Å². The van der Waals surface area contributed by atoms with E-state index in [0.29, 0.717) is 36.3 Å². The van der Waals surface area contributed by atoms with Crippen molar-refractivity contribution in [3.8, 4) is 0 Å². The van der Waals surface area contributed by atoms with Gasteiger partial charge in [-0.1, -0.05) is 54.9 Å². The van der Waals surface area contributed by atoms with Gasteiger partial charge in [-0.15, -0.1) is 0 Å². The molecule has 0 rings (SSSR count). The summed E-state index contributed by atoms with van der Waals surface area (Å²) < 4.78 is 0. The van der Waals surface area contributed by atoms with Crippen molar-refractivity contribution in [2.75, 3.05) is 0 Å². The lowest BCUT2D eigenvalue weighted by molar-refractivity contribution is -0.246. The van der Waals surface area contributed by atoms with Gasteiger partial charge in [0.2, 0.25) is 0 Å². The van der Waals surface area contributed by atoms with Crippen LogP contribution in [0.4, 0.5) is 0 Å². The van der Waals surface area contributed by atoms with Gasteiger partial charge in [-0.3, -0.25) is 14.7 Å². The summed E-state index contributed by atoms with van der Waals surface area (Å²) in [6.07, 6.45) is 9.57. The maximum atomic E-state index is 2.97. The topological polar surface area (TPSA) is 9.72 Å². The zero-order valence-corrected chi connectivity index (χ0v) is 24.0. The van der Waals surface area contributed by atoms with Crippen LogP contribution in [0, 0.1) is 0 Å². The normalized spacial score (nSPS) is 20.5. The second kappa shape index (κ2) is 14.9. The number of hydrogen-bond donors (Lipinski definition) is 0. The predicted octanol–water partition coefficient (Wildman–Crippen LogP) is 8.14. The highest BCUT2D eigenvalue weighted by molar-refractivity contribution is 5.01. The van der Waals surface area contributed by atoms with Crippen LogP contribution in [-0.2, 0) is 0 Å². The summed E-state index contributed by atoms with van der Waals surface area (Å²) in [4.78, 5) is 8.90. The van der Waals surface area contributed by atoms with Crippen molar-refractivity contribution in [2.45, 2.75) is 183 Å². The first-order chi connectivity index (χ1) is 14.6. The first-order valence-corrected chi connectivity index (χ1v) is 13.9. The molecular formula is C28H61N3. The predicted molar refractivity (Wildman–Crippen MR) is 142 cm³/mol. The average Bonchev–Trinajstić information content (AvgIpc) is 2.78. The molecule has 0 bridgehead atoms. The Hall–Kier alpha value is -0.120. The first-order valence-electron chi connectivity index (χ1n) is 13.9. The number of hydrogen-bond acceptors (Lipinski definition) is 3. The average molecular weight is 440 g/mol. The molecule has 0 saturated heterocycles. The molecule has 3 heteroatoms. The molecule has 0 saturated carbocycles. The molecule has 0 spiro atoms. The summed E-state index contributed by atoms with van der Waals surface area (Å²) >= 11 is 0. The van der Waals surface area contributed by atoms with Gasteiger partial charge in [0.05, 0.1) is 0 Å². The first kappa shape index (κ1) is 30.9. The van der Waals surface area contributed by atoms with Crippen molar-refractivity contribution >= 4 is 0 Å². The smallest absolute Gasteiger partial charge is 0.132 e. The molecule has 0 N–H and O–H groups in total. The van der Waals surface area contributed by atoms with E-state index in [1.165, 1.54) is 51.4 Å². The zero-order chi connectivity index (χ0) is 24.4. The van der Waals surface area contributed by atoms with Gasteiger partial charge in [-0.2, -0.15) is 0 Å². The van der Waals surface area contributed by atoms with Crippen LogP contribution in [0.25, 0.3) is 0 Å². The summed E-state index contributed by atoms with van der Waals surface area (Å²) in [5, 5.41) is 0. The van der Waals surface area contributed by atoms with E-state index in [1.54, 1.807) is 0 Å². The number of nitrogens with zero attached hydrogens (tertiary/aromatic N) is 3. The van der Waals surface area contributed by atoms with Crippen LogP contribution in [0.3, 0.4) is 0 Å². The van der Waals surface area contributed by atoms with E-state index in [0.717, 1.165) is 0 Å². The van der Waals surface area contributed by atoms with E-state index in [2.05, 4.69) is 105 Å². The molecule has 188 valence electrons. The van der Waals surface area contributed by atoms with Crippen LogP contribution in [0.15, 0.2) is 0 Å². The minimum atomic E-state index is -0.0602. The van der Waals surface area contributed by atoms with E-state index in [-0.39, 0.29) is 5.79 Å². The zero-order valence-electron chi connectivity index (χ0n) is 24.0. The molecule has 0 aliphatic heterocycles. The van der Waals surface area contributed by atoms with Gasteiger partial charge in [-0.05, 0) is 86.5 Å². The molecule has 0 radical (unpaired) electrons. The highest BCUT2D eigenvalue weighted by Crippen LogP contribution is 2.42. The second-order valence-electron chi connectivity index (χ2n) is 10.3. The van der Waals surface area contributed by atoms with Gasteiger partial charge in [0.1, 0.15) is 5.79 Å². The fourth-order valence-electron chi connectivity index (χ4n) is 5.72. The van der Waals surface area contributed by atoms with E-state index < -0.39 is 0 Å². The minimum absolute atomic E-state index is 0.0602. The Morgan fingerprint density at radius 3 is 0.742 bits per heavy atom. The fourth-order valence-corrected chi connectivity index (χ4v) is 5.72. The highest BCUT2D eigenvalue weighted by atomic mass is 15.6. The third kappa shape index (κ3) is 6.93. The Morgan fingerprint density at radius 2 is 0.613 bits per heavy atom. The Kier molecular flexibility index (Phi) is 14.9. The third-order valence-corrected chi connectivity index (χ3v) is 8.22. The molecule has 6 unspecified atom stereocenters. The Labute approximate surface area is 198 Å². The standard InChI is InChI=1S/C28H61N3/c1-14-21-28(29(22(8)15-2)23(9)16-3,30(24(10)17-4)25(11)18-5)31(26(12)19-6)27(13)20-7/h22-27H,14-21H2,1-13H3. The molecule has 31 heavy (non-hydrogen) atoms. The van der Waals surface area contributed by atoms with Gasteiger partial charge < -0.3 is 0 Å². The second-order valence-corrected chi connectivity index (χ2v) is 10.3. The summed E-state index contributed by atoms with van der Waals surface area (Å²) in [6, 6.07) is 3.29. The molecule has 6 atom stereocenters.